The van der Waals surface area contributed by atoms with Gasteiger partial charge in [-0.3, -0.25) is 0 Å². The first-order chi connectivity index (χ1) is 6.54. The predicted octanol–water partition coefficient (Wildman–Crippen LogP) is 3.00. The molecule has 2 heteroatoms. The lowest BCUT2D eigenvalue weighted by molar-refractivity contribution is 0.216. The lowest BCUT2D eigenvalue weighted by atomic mass is 10.4. The van der Waals surface area contributed by atoms with Crippen molar-refractivity contribution in [3.05, 3.63) is 36.6 Å². The van der Waals surface area contributed by atoms with Crippen LogP contribution in [-0.2, 0) is 0 Å². The van der Waals surface area contributed by atoms with E-state index in [1.54, 1.807) is 26.0 Å². The van der Waals surface area contributed by atoms with Gasteiger partial charge in [-0.05, 0) is 32.9 Å². The SMILES string of the molecule is C=C/C=C(N)\C=C/C.CC.CC(C)O. The lowest BCUT2D eigenvalue weighted by Gasteiger charge is -1.84. The molecule has 0 saturated heterocycles. The topological polar surface area (TPSA) is 46.2 Å². The molecule has 0 aliphatic heterocycles. The van der Waals surface area contributed by atoms with Crippen LogP contribution in [0.5, 0.6) is 0 Å². The molecule has 0 aromatic heterocycles. The highest BCUT2D eigenvalue weighted by atomic mass is 16.3. The van der Waals surface area contributed by atoms with Crippen molar-refractivity contribution in [2.24, 2.45) is 5.73 Å². The Labute approximate surface area is 88.8 Å². The summed E-state index contributed by atoms with van der Waals surface area (Å²) in [5, 5.41) is 8.06. The Morgan fingerprint density at radius 2 is 1.71 bits per heavy atom. The maximum atomic E-state index is 8.06. The number of nitrogens with two attached hydrogens (primary N) is 1. The van der Waals surface area contributed by atoms with E-state index in [4.69, 9.17) is 10.8 Å². The van der Waals surface area contributed by atoms with Crippen LogP contribution < -0.4 is 5.73 Å². The fourth-order valence-electron chi connectivity index (χ4n) is 0.384. The average molecular weight is 199 g/mol. The summed E-state index contributed by atoms with van der Waals surface area (Å²) in [5.74, 6) is 0. The van der Waals surface area contributed by atoms with Crippen molar-refractivity contribution in [3.8, 4) is 0 Å². The van der Waals surface area contributed by atoms with E-state index in [-0.39, 0.29) is 6.10 Å². The van der Waals surface area contributed by atoms with Gasteiger partial charge < -0.3 is 10.8 Å². The molecule has 0 aliphatic rings. The van der Waals surface area contributed by atoms with Gasteiger partial charge in [-0.15, -0.1) is 0 Å². The van der Waals surface area contributed by atoms with Crippen molar-refractivity contribution in [2.75, 3.05) is 0 Å². The van der Waals surface area contributed by atoms with Crippen LogP contribution >= 0.6 is 0 Å². The maximum Gasteiger partial charge on any atom is 0.0483 e. The minimum absolute atomic E-state index is 0.167. The van der Waals surface area contributed by atoms with Crippen molar-refractivity contribution in [1.82, 2.24) is 0 Å². The molecule has 0 spiro atoms. The van der Waals surface area contributed by atoms with Gasteiger partial charge in [0.1, 0.15) is 0 Å². The second-order valence-corrected chi connectivity index (χ2v) is 2.50. The minimum Gasteiger partial charge on any atom is -0.399 e. The number of rotatable bonds is 2. The third-order valence-electron chi connectivity index (χ3n) is 0.669. The first-order valence-corrected chi connectivity index (χ1v) is 4.93. The highest BCUT2D eigenvalue weighted by molar-refractivity contribution is 5.18. The smallest absolute Gasteiger partial charge is 0.0483 e. The zero-order valence-corrected chi connectivity index (χ0v) is 10.1. The Bertz CT molecular complexity index is 155. The van der Waals surface area contributed by atoms with Crippen LogP contribution in [0, 0.1) is 0 Å². The molecular weight excluding hydrogens is 174 g/mol. The number of allylic oxidation sites excluding steroid dienone is 4. The summed E-state index contributed by atoms with van der Waals surface area (Å²) in [5.41, 5.74) is 6.14. The molecule has 0 aliphatic carbocycles. The molecule has 0 radical (unpaired) electrons. The Balaban J connectivity index is -0.000000170. The van der Waals surface area contributed by atoms with E-state index in [1.165, 1.54) is 0 Å². The molecule has 3 N–H and O–H groups in total. The molecule has 0 heterocycles. The van der Waals surface area contributed by atoms with Gasteiger partial charge >= 0.3 is 0 Å². The fraction of sp³-hybridized carbons (Fsp3) is 0.500. The monoisotopic (exact) mass is 199 g/mol. The van der Waals surface area contributed by atoms with E-state index in [1.807, 2.05) is 32.9 Å². The highest BCUT2D eigenvalue weighted by Gasteiger charge is 1.71. The minimum atomic E-state index is -0.167. The summed E-state index contributed by atoms with van der Waals surface area (Å²) in [7, 11) is 0. The summed E-state index contributed by atoms with van der Waals surface area (Å²) in [4.78, 5) is 0. The normalized spacial score (nSPS) is 10.1. The second-order valence-electron chi connectivity index (χ2n) is 2.50. The number of aliphatic hydroxyl groups is 1. The molecule has 14 heavy (non-hydrogen) atoms. The molecule has 0 aromatic carbocycles. The van der Waals surface area contributed by atoms with Gasteiger partial charge in [-0.2, -0.15) is 0 Å². The predicted molar refractivity (Wildman–Crippen MR) is 66.0 cm³/mol. The summed E-state index contributed by atoms with van der Waals surface area (Å²) >= 11 is 0. The molecule has 0 atom stereocenters. The zero-order valence-electron chi connectivity index (χ0n) is 10.1. The van der Waals surface area contributed by atoms with Crippen LogP contribution in [0.4, 0.5) is 0 Å². The third-order valence-corrected chi connectivity index (χ3v) is 0.669. The average Bonchev–Trinajstić information content (AvgIpc) is 2.08. The van der Waals surface area contributed by atoms with E-state index >= 15 is 0 Å². The van der Waals surface area contributed by atoms with Gasteiger partial charge in [0, 0.05) is 11.8 Å². The van der Waals surface area contributed by atoms with Gasteiger partial charge in [-0.1, -0.05) is 32.6 Å². The van der Waals surface area contributed by atoms with Gasteiger partial charge in [0.2, 0.25) is 0 Å². The zero-order chi connectivity index (χ0) is 12.0. The summed E-state index contributed by atoms with van der Waals surface area (Å²) < 4.78 is 0. The van der Waals surface area contributed by atoms with Crippen LogP contribution in [0.3, 0.4) is 0 Å². The quantitative estimate of drug-likeness (QED) is 0.672. The van der Waals surface area contributed by atoms with Gasteiger partial charge in [-0.25, -0.2) is 0 Å². The molecule has 0 amide bonds. The summed E-state index contributed by atoms with van der Waals surface area (Å²) in [6.45, 7) is 12.9. The van der Waals surface area contributed by atoms with Crippen molar-refractivity contribution < 1.29 is 5.11 Å². The lowest BCUT2D eigenvalue weighted by Crippen LogP contribution is -1.90. The second kappa shape index (κ2) is 17.9. The van der Waals surface area contributed by atoms with E-state index in [2.05, 4.69) is 6.58 Å². The van der Waals surface area contributed by atoms with E-state index in [0.29, 0.717) is 0 Å². The molecule has 2 nitrogen and oxygen atoms in total. The number of hydrogen-bond acceptors (Lipinski definition) is 2. The molecular formula is C12H25NO. The summed E-state index contributed by atoms with van der Waals surface area (Å²) in [6.07, 6.45) is 6.95. The molecule has 84 valence electrons. The fourth-order valence-corrected chi connectivity index (χ4v) is 0.384. The highest BCUT2D eigenvalue weighted by Crippen LogP contribution is 1.84. The molecule has 0 aromatic rings. The van der Waals surface area contributed by atoms with Gasteiger partial charge in [0.15, 0.2) is 0 Å². The van der Waals surface area contributed by atoms with Crippen molar-refractivity contribution in [2.45, 2.75) is 40.7 Å². The molecule has 0 rings (SSSR count). The third kappa shape index (κ3) is 44.1. The van der Waals surface area contributed by atoms with Crippen LogP contribution in [-0.4, -0.2) is 11.2 Å². The maximum absolute atomic E-state index is 8.06. The van der Waals surface area contributed by atoms with E-state index < -0.39 is 0 Å². The summed E-state index contributed by atoms with van der Waals surface area (Å²) in [6, 6.07) is 0. The number of hydrogen-bond donors (Lipinski definition) is 2. The Hall–Kier alpha value is -1.02. The Kier molecular flexibility index (Phi) is 23.9. The Morgan fingerprint density at radius 1 is 1.36 bits per heavy atom. The standard InChI is InChI=1S/C7H11N.C3H8O.C2H6/c1-3-5-7(8)6-4-2;1-3(2)4;1-2/h3-6H,1,8H2,2H3;3-4H,1-2H3;1-2H3/b6-4-,7-5+;;. The first-order valence-electron chi connectivity index (χ1n) is 4.93. The van der Waals surface area contributed by atoms with Crippen molar-refractivity contribution in [1.29, 1.82) is 0 Å². The van der Waals surface area contributed by atoms with Crippen LogP contribution in [0.1, 0.15) is 34.6 Å². The molecule has 0 saturated carbocycles. The van der Waals surface area contributed by atoms with Crippen LogP contribution in [0.2, 0.25) is 0 Å². The first kappa shape index (κ1) is 18.7. The van der Waals surface area contributed by atoms with Crippen molar-refractivity contribution in [3.63, 3.8) is 0 Å². The van der Waals surface area contributed by atoms with Gasteiger partial charge in [0.05, 0.1) is 0 Å². The van der Waals surface area contributed by atoms with Crippen molar-refractivity contribution >= 4 is 0 Å². The van der Waals surface area contributed by atoms with E-state index in [0.717, 1.165) is 5.70 Å². The molecule has 0 bridgehead atoms. The molecule has 0 fully saturated rings. The molecule has 0 unspecified atom stereocenters. The van der Waals surface area contributed by atoms with Crippen LogP contribution in [0.25, 0.3) is 0 Å². The Morgan fingerprint density at radius 3 is 1.93 bits per heavy atom. The number of aliphatic hydroxyl groups excluding tert-OH is 1. The van der Waals surface area contributed by atoms with Gasteiger partial charge in [0.25, 0.3) is 0 Å². The van der Waals surface area contributed by atoms with Crippen LogP contribution in [0.15, 0.2) is 36.6 Å². The largest absolute Gasteiger partial charge is 0.399 e. The van der Waals surface area contributed by atoms with E-state index in [9.17, 15) is 0 Å².